The number of amides is 1. The summed E-state index contributed by atoms with van der Waals surface area (Å²) in [5, 5.41) is 12.6. The molecule has 1 aliphatic carbocycles. The van der Waals surface area contributed by atoms with Crippen LogP contribution in [0.2, 0.25) is 0 Å². The molecule has 4 aromatic rings. The van der Waals surface area contributed by atoms with Crippen molar-refractivity contribution >= 4 is 21.6 Å². The lowest BCUT2D eigenvalue weighted by atomic mass is 9.89. The number of carbonyl (C=O) groups is 1. The normalized spacial score (nSPS) is 21.4. The molecule has 9 nitrogen and oxygen atoms in total. The maximum atomic E-state index is 13.9. The van der Waals surface area contributed by atoms with E-state index in [0.29, 0.717) is 11.7 Å². The van der Waals surface area contributed by atoms with Gasteiger partial charge >= 0.3 is 0 Å². The van der Waals surface area contributed by atoms with Crippen LogP contribution in [0.1, 0.15) is 72.8 Å². The number of rotatable bonds is 15. The summed E-state index contributed by atoms with van der Waals surface area (Å²) >= 11 is 0. The molecule has 0 spiro atoms. The van der Waals surface area contributed by atoms with Crippen LogP contribution in [-0.4, -0.2) is 55.6 Å². The molecule has 10 heteroatoms. The van der Waals surface area contributed by atoms with Crippen molar-refractivity contribution < 1.29 is 27.8 Å². The van der Waals surface area contributed by atoms with E-state index in [1.165, 1.54) is 25.0 Å². The molecular weight excluding hydrogens is 687 g/mol. The van der Waals surface area contributed by atoms with Gasteiger partial charge in [0.25, 0.3) is 0 Å². The van der Waals surface area contributed by atoms with Gasteiger partial charge in [0.1, 0.15) is 6.04 Å². The van der Waals surface area contributed by atoms with E-state index < -0.39 is 28.3 Å². The number of hydrogen-bond donors (Lipinski definition) is 3. The van der Waals surface area contributed by atoms with Crippen molar-refractivity contribution in [3.63, 3.8) is 0 Å². The monoisotopic (exact) mass is 737 g/mol. The van der Waals surface area contributed by atoms with E-state index in [2.05, 4.69) is 28.4 Å². The van der Waals surface area contributed by atoms with Gasteiger partial charge in [-0.3, -0.25) is 9.69 Å². The molecule has 0 radical (unpaired) electrons. The molecule has 1 heterocycles. The Kier molecular flexibility index (Phi) is 12.9. The van der Waals surface area contributed by atoms with E-state index in [1.807, 2.05) is 85.8 Å². The summed E-state index contributed by atoms with van der Waals surface area (Å²) in [6.45, 7) is 9.54. The van der Waals surface area contributed by atoms with Crippen LogP contribution in [0, 0.1) is 12.8 Å². The highest BCUT2D eigenvalue weighted by atomic mass is 32.2. The van der Waals surface area contributed by atoms with Gasteiger partial charge in [-0.2, -0.15) is 4.72 Å². The minimum atomic E-state index is -4.00. The highest BCUT2D eigenvalue weighted by Gasteiger charge is 2.40. The second kappa shape index (κ2) is 17.8. The molecule has 0 bridgehead atoms. The van der Waals surface area contributed by atoms with Crippen molar-refractivity contribution in [3.05, 3.63) is 144 Å². The number of benzene rings is 4. The SMILES string of the molecule is C=CCN(C[C@@H]1O[C@H](c2cccc(NC(=O)[C@@H](Cc3ccccc3)NS(=O)(=O)c3ccc(C)cc3)c2)O[C@H](c2ccc(CO)cc2)[C@@H]1C)C1CCCC1. The first kappa shape index (κ1) is 38.6. The smallest absolute Gasteiger partial charge is 0.242 e. The fourth-order valence-corrected chi connectivity index (χ4v) is 8.57. The number of sulfonamides is 1. The molecule has 3 N–H and O–H groups in total. The van der Waals surface area contributed by atoms with Gasteiger partial charge < -0.3 is 19.9 Å². The lowest BCUT2D eigenvalue weighted by Gasteiger charge is -2.43. The van der Waals surface area contributed by atoms with Crippen molar-refractivity contribution in [1.82, 2.24) is 9.62 Å². The van der Waals surface area contributed by atoms with Gasteiger partial charge in [-0.05, 0) is 67.1 Å². The second-order valence-electron chi connectivity index (χ2n) is 14.3. The minimum Gasteiger partial charge on any atom is -0.392 e. The molecule has 0 aromatic heterocycles. The van der Waals surface area contributed by atoms with E-state index in [-0.39, 0.29) is 36.0 Å². The Labute approximate surface area is 314 Å². The Morgan fingerprint density at radius 3 is 2.32 bits per heavy atom. The molecule has 6 rings (SSSR count). The summed E-state index contributed by atoms with van der Waals surface area (Å²) in [6.07, 6.45) is 5.71. The number of nitrogens with zero attached hydrogens (tertiary/aromatic N) is 1. The standard InChI is InChI=1S/C43H51N3O6S/c1-4-25-46(37-15-8-9-16-37)28-40-31(3)41(34-21-19-33(29-47)20-22-34)52-43(51-40)35-13-10-14-36(27-35)44-42(48)39(26-32-11-6-5-7-12-32)45-53(49,50)38-23-17-30(2)18-24-38/h4-7,10-14,17-24,27,31,37,39-41,43,45,47H,1,8-9,15-16,25-26,28-29H2,2-3H3,(H,44,48)/t31-,39-,40+,41+,43+/m1/s1. The second-order valence-corrected chi connectivity index (χ2v) is 16.0. The number of aliphatic hydroxyl groups is 1. The number of ether oxygens (including phenoxy) is 2. The van der Waals surface area contributed by atoms with Gasteiger partial charge in [0.05, 0.1) is 23.7 Å². The average Bonchev–Trinajstić information content (AvgIpc) is 3.71. The van der Waals surface area contributed by atoms with E-state index in [4.69, 9.17) is 9.47 Å². The van der Waals surface area contributed by atoms with Gasteiger partial charge in [0, 0.05) is 36.3 Å². The first-order chi connectivity index (χ1) is 25.6. The van der Waals surface area contributed by atoms with Crippen LogP contribution in [-0.2, 0) is 37.3 Å². The summed E-state index contributed by atoms with van der Waals surface area (Å²) in [6, 6.07) is 30.5. The topological polar surface area (TPSA) is 117 Å². The third kappa shape index (κ3) is 9.89. The van der Waals surface area contributed by atoms with E-state index >= 15 is 0 Å². The number of anilines is 1. The Morgan fingerprint density at radius 1 is 0.925 bits per heavy atom. The molecule has 1 saturated heterocycles. The van der Waals surface area contributed by atoms with Gasteiger partial charge in [0.2, 0.25) is 15.9 Å². The van der Waals surface area contributed by atoms with Crippen LogP contribution in [0.15, 0.2) is 121 Å². The van der Waals surface area contributed by atoms with Crippen molar-refractivity contribution in [2.45, 2.75) is 88.0 Å². The number of aryl methyl sites for hydroxylation is 1. The maximum absolute atomic E-state index is 13.9. The van der Waals surface area contributed by atoms with E-state index in [1.54, 1.807) is 18.2 Å². The average molecular weight is 738 g/mol. The molecule has 1 amide bonds. The zero-order valence-corrected chi connectivity index (χ0v) is 31.4. The summed E-state index contributed by atoms with van der Waals surface area (Å²) in [7, 11) is -4.00. The maximum Gasteiger partial charge on any atom is 0.242 e. The zero-order chi connectivity index (χ0) is 37.4. The van der Waals surface area contributed by atoms with Gasteiger partial charge in [-0.1, -0.05) is 110 Å². The molecule has 280 valence electrons. The predicted molar refractivity (Wildman–Crippen MR) is 208 cm³/mol. The van der Waals surface area contributed by atoms with Crippen LogP contribution < -0.4 is 10.0 Å². The summed E-state index contributed by atoms with van der Waals surface area (Å²) in [4.78, 5) is 16.5. The highest BCUT2D eigenvalue weighted by Crippen LogP contribution is 2.42. The molecule has 2 aliphatic rings. The third-order valence-electron chi connectivity index (χ3n) is 10.4. The Bertz CT molecular complexity index is 1910. The van der Waals surface area contributed by atoms with Gasteiger partial charge in [0.15, 0.2) is 6.29 Å². The number of carbonyl (C=O) groups excluding carboxylic acids is 1. The first-order valence-corrected chi connectivity index (χ1v) is 20.0. The lowest BCUT2D eigenvalue weighted by Crippen LogP contribution is -2.47. The molecule has 53 heavy (non-hydrogen) atoms. The minimum absolute atomic E-state index is 0.0168. The molecule has 1 aliphatic heterocycles. The molecule has 1 saturated carbocycles. The van der Waals surface area contributed by atoms with Crippen LogP contribution in [0.25, 0.3) is 0 Å². The largest absolute Gasteiger partial charge is 0.392 e. The Hall–Kier alpha value is -4.16. The lowest BCUT2D eigenvalue weighted by molar-refractivity contribution is -0.276. The van der Waals surface area contributed by atoms with Crippen molar-refractivity contribution in [2.24, 2.45) is 5.92 Å². The molecular formula is C43H51N3O6S. The van der Waals surface area contributed by atoms with Gasteiger partial charge in [-0.25, -0.2) is 8.42 Å². The van der Waals surface area contributed by atoms with Crippen molar-refractivity contribution in [1.29, 1.82) is 0 Å². The molecule has 5 atom stereocenters. The molecule has 2 fully saturated rings. The third-order valence-corrected chi connectivity index (χ3v) is 11.9. The highest BCUT2D eigenvalue weighted by molar-refractivity contribution is 7.89. The van der Waals surface area contributed by atoms with E-state index in [9.17, 15) is 18.3 Å². The Balaban J connectivity index is 1.25. The van der Waals surface area contributed by atoms with Crippen LogP contribution >= 0.6 is 0 Å². The molecule has 4 aromatic carbocycles. The first-order valence-electron chi connectivity index (χ1n) is 18.5. The molecule has 0 unspecified atom stereocenters. The van der Waals surface area contributed by atoms with Crippen molar-refractivity contribution in [3.8, 4) is 0 Å². The number of aliphatic hydroxyl groups excluding tert-OH is 1. The predicted octanol–water partition coefficient (Wildman–Crippen LogP) is 7.24. The summed E-state index contributed by atoms with van der Waals surface area (Å²) < 4.78 is 43.1. The summed E-state index contributed by atoms with van der Waals surface area (Å²) in [5.74, 6) is -0.472. The van der Waals surface area contributed by atoms with Crippen LogP contribution in [0.3, 0.4) is 0 Å². The van der Waals surface area contributed by atoms with Crippen molar-refractivity contribution in [2.75, 3.05) is 18.4 Å². The van der Waals surface area contributed by atoms with Crippen LogP contribution in [0.4, 0.5) is 5.69 Å². The quantitative estimate of drug-likeness (QED) is 0.110. The fourth-order valence-electron chi connectivity index (χ4n) is 7.37. The number of hydrogen-bond acceptors (Lipinski definition) is 7. The van der Waals surface area contributed by atoms with Crippen LogP contribution in [0.5, 0.6) is 0 Å². The van der Waals surface area contributed by atoms with E-state index in [0.717, 1.165) is 53.7 Å². The Morgan fingerprint density at radius 2 is 1.64 bits per heavy atom. The summed E-state index contributed by atoms with van der Waals surface area (Å²) in [5.41, 5.74) is 4.80. The zero-order valence-electron chi connectivity index (χ0n) is 30.6. The number of nitrogens with one attached hydrogen (secondary N) is 2. The van der Waals surface area contributed by atoms with Gasteiger partial charge in [-0.15, -0.1) is 6.58 Å². The fraction of sp³-hybridized carbons (Fsp3) is 0.372.